The van der Waals surface area contributed by atoms with Gasteiger partial charge in [0.15, 0.2) is 0 Å². The summed E-state index contributed by atoms with van der Waals surface area (Å²) in [6.07, 6.45) is 2.27. The molecule has 0 bridgehead atoms. The van der Waals surface area contributed by atoms with E-state index < -0.39 is 0 Å². The highest BCUT2D eigenvalue weighted by molar-refractivity contribution is 5.89. The summed E-state index contributed by atoms with van der Waals surface area (Å²) < 4.78 is 0. The van der Waals surface area contributed by atoms with Crippen LogP contribution in [0.2, 0.25) is 0 Å². The third-order valence-corrected chi connectivity index (χ3v) is 2.13. The maximum Gasteiger partial charge on any atom is 0.225 e. The number of rotatable bonds is 3. The minimum Gasteiger partial charge on any atom is -0.355 e. The van der Waals surface area contributed by atoms with Crippen molar-refractivity contribution in [2.75, 3.05) is 13.1 Å². The lowest BCUT2D eigenvalue weighted by atomic mass is 10.1. The average Bonchev–Trinajstić information content (AvgIpc) is 2.51. The van der Waals surface area contributed by atoms with Crippen molar-refractivity contribution in [2.24, 2.45) is 5.92 Å². The first-order chi connectivity index (χ1) is 6.59. The molecule has 1 aliphatic rings. The summed E-state index contributed by atoms with van der Waals surface area (Å²) in [6.45, 7) is 4.98. The van der Waals surface area contributed by atoms with E-state index in [1.807, 2.05) is 19.9 Å². The Morgan fingerprint density at radius 3 is 2.86 bits per heavy atom. The molecule has 0 saturated carbocycles. The van der Waals surface area contributed by atoms with Crippen LogP contribution in [-0.4, -0.2) is 24.9 Å². The highest BCUT2D eigenvalue weighted by Gasteiger charge is 2.27. The van der Waals surface area contributed by atoms with Gasteiger partial charge in [0.05, 0.1) is 5.92 Å². The van der Waals surface area contributed by atoms with Crippen LogP contribution in [0.4, 0.5) is 0 Å². The van der Waals surface area contributed by atoms with Gasteiger partial charge in [-0.05, 0) is 13.8 Å². The predicted octanol–water partition coefficient (Wildman–Crippen LogP) is 0.205. The fourth-order valence-electron chi connectivity index (χ4n) is 1.29. The SMILES string of the molecule is CC(C)=CCNC(=O)C1CNC(=O)C1. The molecule has 0 aliphatic carbocycles. The number of hydrogen-bond acceptors (Lipinski definition) is 2. The minimum absolute atomic E-state index is 0.0348. The molecule has 0 radical (unpaired) electrons. The van der Waals surface area contributed by atoms with E-state index in [1.165, 1.54) is 5.57 Å². The highest BCUT2D eigenvalue weighted by atomic mass is 16.2. The molecule has 14 heavy (non-hydrogen) atoms. The van der Waals surface area contributed by atoms with Gasteiger partial charge in [-0.1, -0.05) is 11.6 Å². The molecule has 1 heterocycles. The zero-order valence-corrected chi connectivity index (χ0v) is 8.59. The average molecular weight is 196 g/mol. The van der Waals surface area contributed by atoms with Crippen LogP contribution in [0.25, 0.3) is 0 Å². The number of carbonyl (C=O) groups is 2. The van der Waals surface area contributed by atoms with E-state index in [9.17, 15) is 9.59 Å². The van der Waals surface area contributed by atoms with E-state index in [2.05, 4.69) is 10.6 Å². The Morgan fingerprint density at radius 2 is 2.36 bits per heavy atom. The first-order valence-corrected chi connectivity index (χ1v) is 4.77. The summed E-state index contributed by atoms with van der Waals surface area (Å²) in [7, 11) is 0. The largest absolute Gasteiger partial charge is 0.355 e. The molecule has 4 nitrogen and oxygen atoms in total. The molecule has 0 aromatic rings. The molecule has 1 aliphatic heterocycles. The van der Waals surface area contributed by atoms with E-state index in [0.29, 0.717) is 19.5 Å². The van der Waals surface area contributed by atoms with E-state index >= 15 is 0 Å². The van der Waals surface area contributed by atoms with Crippen molar-refractivity contribution in [3.63, 3.8) is 0 Å². The molecular weight excluding hydrogens is 180 g/mol. The Balaban J connectivity index is 2.29. The lowest BCUT2D eigenvalue weighted by Gasteiger charge is -2.06. The molecule has 1 fully saturated rings. The summed E-state index contributed by atoms with van der Waals surface area (Å²) >= 11 is 0. The fraction of sp³-hybridized carbons (Fsp3) is 0.600. The summed E-state index contributed by atoms with van der Waals surface area (Å²) in [6, 6.07) is 0. The van der Waals surface area contributed by atoms with Crippen molar-refractivity contribution < 1.29 is 9.59 Å². The molecule has 0 aromatic heterocycles. The van der Waals surface area contributed by atoms with Gasteiger partial charge >= 0.3 is 0 Å². The number of allylic oxidation sites excluding steroid dienone is 1. The third-order valence-electron chi connectivity index (χ3n) is 2.13. The van der Waals surface area contributed by atoms with Crippen molar-refractivity contribution in [3.8, 4) is 0 Å². The monoisotopic (exact) mass is 196 g/mol. The molecule has 1 rings (SSSR count). The molecular formula is C10H16N2O2. The molecule has 4 heteroatoms. The van der Waals surface area contributed by atoms with Crippen LogP contribution < -0.4 is 10.6 Å². The van der Waals surface area contributed by atoms with Crippen LogP contribution in [-0.2, 0) is 9.59 Å². The van der Waals surface area contributed by atoms with Crippen LogP contribution in [0, 0.1) is 5.92 Å². The van der Waals surface area contributed by atoms with Crippen molar-refractivity contribution in [2.45, 2.75) is 20.3 Å². The summed E-state index contributed by atoms with van der Waals surface area (Å²) in [5.41, 5.74) is 1.17. The third kappa shape index (κ3) is 3.20. The molecule has 0 aromatic carbocycles. The second kappa shape index (κ2) is 4.79. The van der Waals surface area contributed by atoms with Crippen LogP contribution >= 0.6 is 0 Å². The molecule has 0 spiro atoms. The van der Waals surface area contributed by atoms with Crippen LogP contribution in [0.5, 0.6) is 0 Å². The van der Waals surface area contributed by atoms with Crippen molar-refractivity contribution >= 4 is 11.8 Å². The fourth-order valence-corrected chi connectivity index (χ4v) is 1.29. The smallest absolute Gasteiger partial charge is 0.225 e. The van der Waals surface area contributed by atoms with Crippen molar-refractivity contribution in [1.29, 1.82) is 0 Å². The molecule has 1 unspecified atom stereocenters. The number of hydrogen-bond donors (Lipinski definition) is 2. The Hall–Kier alpha value is -1.32. The normalized spacial score (nSPS) is 20.1. The predicted molar refractivity (Wildman–Crippen MR) is 53.6 cm³/mol. The molecule has 1 saturated heterocycles. The van der Waals surface area contributed by atoms with Gasteiger partial charge in [0.25, 0.3) is 0 Å². The Morgan fingerprint density at radius 1 is 1.64 bits per heavy atom. The summed E-state index contributed by atoms with van der Waals surface area (Å²) in [5.74, 6) is -0.263. The number of carbonyl (C=O) groups excluding carboxylic acids is 2. The first kappa shape index (κ1) is 10.8. The highest BCUT2D eigenvalue weighted by Crippen LogP contribution is 2.08. The van der Waals surface area contributed by atoms with Gasteiger partial charge in [-0.2, -0.15) is 0 Å². The van der Waals surface area contributed by atoms with Crippen LogP contribution in [0.15, 0.2) is 11.6 Å². The Bertz CT molecular complexity index is 267. The van der Waals surface area contributed by atoms with Gasteiger partial charge in [-0.3, -0.25) is 9.59 Å². The zero-order chi connectivity index (χ0) is 10.6. The standard InChI is InChI=1S/C10H16N2O2/c1-7(2)3-4-11-10(14)8-5-9(13)12-6-8/h3,8H,4-6H2,1-2H3,(H,11,14)(H,12,13). The van der Waals surface area contributed by atoms with Gasteiger partial charge in [0.1, 0.15) is 0 Å². The minimum atomic E-state index is -0.187. The first-order valence-electron chi connectivity index (χ1n) is 4.77. The topological polar surface area (TPSA) is 58.2 Å². The maximum absolute atomic E-state index is 11.4. The van der Waals surface area contributed by atoms with Gasteiger partial charge in [-0.15, -0.1) is 0 Å². The molecule has 2 N–H and O–H groups in total. The van der Waals surface area contributed by atoms with Crippen molar-refractivity contribution in [3.05, 3.63) is 11.6 Å². The van der Waals surface area contributed by atoms with E-state index in [-0.39, 0.29) is 17.7 Å². The van der Waals surface area contributed by atoms with Gasteiger partial charge in [-0.25, -0.2) is 0 Å². The lowest BCUT2D eigenvalue weighted by Crippen LogP contribution is -2.31. The lowest BCUT2D eigenvalue weighted by molar-refractivity contribution is -0.126. The Kier molecular flexibility index (Phi) is 3.68. The second-order valence-electron chi connectivity index (χ2n) is 3.73. The second-order valence-corrected chi connectivity index (χ2v) is 3.73. The van der Waals surface area contributed by atoms with Crippen LogP contribution in [0.1, 0.15) is 20.3 Å². The van der Waals surface area contributed by atoms with Gasteiger partial charge < -0.3 is 10.6 Å². The van der Waals surface area contributed by atoms with Crippen LogP contribution in [0.3, 0.4) is 0 Å². The van der Waals surface area contributed by atoms with E-state index in [1.54, 1.807) is 0 Å². The van der Waals surface area contributed by atoms with E-state index in [0.717, 1.165) is 0 Å². The quantitative estimate of drug-likeness (QED) is 0.634. The summed E-state index contributed by atoms with van der Waals surface area (Å²) in [5, 5.41) is 5.40. The number of amides is 2. The molecule has 1 atom stereocenters. The van der Waals surface area contributed by atoms with Gasteiger partial charge in [0, 0.05) is 19.5 Å². The summed E-state index contributed by atoms with van der Waals surface area (Å²) in [4.78, 5) is 22.3. The van der Waals surface area contributed by atoms with Gasteiger partial charge in [0.2, 0.25) is 11.8 Å². The van der Waals surface area contributed by atoms with Crippen molar-refractivity contribution in [1.82, 2.24) is 10.6 Å². The Labute approximate surface area is 83.8 Å². The maximum atomic E-state index is 11.4. The number of nitrogens with one attached hydrogen (secondary N) is 2. The molecule has 2 amide bonds. The molecule has 78 valence electrons. The zero-order valence-electron chi connectivity index (χ0n) is 8.59. The van der Waals surface area contributed by atoms with E-state index in [4.69, 9.17) is 0 Å².